The number of thioether (sulfide) groups is 2. The maximum absolute atomic E-state index is 10.3. The van der Waals surface area contributed by atoms with E-state index in [1.165, 1.54) is 11.1 Å². The molecule has 2 rings (SSSR count). The van der Waals surface area contributed by atoms with Crippen molar-refractivity contribution in [2.24, 2.45) is 0 Å². The van der Waals surface area contributed by atoms with E-state index >= 15 is 0 Å². The lowest BCUT2D eigenvalue weighted by Gasteiger charge is -1.98. The van der Waals surface area contributed by atoms with Gasteiger partial charge in [-0.3, -0.25) is 0 Å². The summed E-state index contributed by atoms with van der Waals surface area (Å²) in [6.45, 7) is 15.4. The lowest BCUT2D eigenvalue weighted by Crippen LogP contribution is -2.06. The number of benzene rings is 2. The molecule has 0 saturated heterocycles. The Morgan fingerprint density at radius 1 is 0.853 bits per heavy atom. The number of methoxy groups -OCH3 is 1. The maximum atomic E-state index is 10.3. The van der Waals surface area contributed by atoms with Crippen molar-refractivity contribution in [3.05, 3.63) is 97.6 Å². The SMILES string of the molecule is C.C=CC(=O)OCCOC.C=Cc1ccccc1.C=Cc1ccccc1.CCSC(=S)SCC. The third kappa shape index (κ3) is 26.1. The molecule has 6 heteroatoms. The summed E-state index contributed by atoms with van der Waals surface area (Å²) < 4.78 is 10.3. The topological polar surface area (TPSA) is 35.5 Å². The molecular weight excluding hydrogens is 481 g/mol. The van der Waals surface area contributed by atoms with Crippen molar-refractivity contribution in [2.45, 2.75) is 21.3 Å². The maximum Gasteiger partial charge on any atom is 0.330 e. The van der Waals surface area contributed by atoms with Gasteiger partial charge in [-0.1, -0.05) is 126 Å². The first-order valence-electron chi connectivity index (χ1n) is 10.4. The van der Waals surface area contributed by atoms with Crippen molar-refractivity contribution < 1.29 is 14.3 Å². The summed E-state index contributed by atoms with van der Waals surface area (Å²) in [4.78, 5) is 10.3. The predicted molar refractivity (Wildman–Crippen MR) is 162 cm³/mol. The molecule has 0 heterocycles. The first kappa shape index (κ1) is 36.4. The highest BCUT2D eigenvalue weighted by Gasteiger charge is 1.92. The van der Waals surface area contributed by atoms with E-state index in [0.29, 0.717) is 13.2 Å². The van der Waals surface area contributed by atoms with Crippen LogP contribution in [-0.4, -0.2) is 41.3 Å². The highest BCUT2D eigenvalue weighted by Crippen LogP contribution is 2.15. The fourth-order valence-corrected chi connectivity index (χ4v) is 3.96. The molecule has 2 aromatic carbocycles. The Kier molecular flexibility index (Phi) is 31.0. The molecule has 0 aliphatic carbocycles. The Hall–Kier alpha value is -2.12. The zero-order chi connectivity index (χ0) is 25.2. The van der Waals surface area contributed by atoms with Crippen molar-refractivity contribution in [1.29, 1.82) is 0 Å². The molecule has 0 fully saturated rings. The number of carbonyl (C=O) groups excluding carboxylic acids is 1. The van der Waals surface area contributed by atoms with Gasteiger partial charge in [-0.2, -0.15) is 0 Å². The summed E-state index contributed by atoms with van der Waals surface area (Å²) in [6, 6.07) is 20.1. The predicted octanol–water partition coefficient (Wildman–Crippen LogP) is 8.43. The van der Waals surface area contributed by atoms with Crippen LogP contribution in [0.5, 0.6) is 0 Å². The number of hydrogen-bond acceptors (Lipinski definition) is 6. The van der Waals surface area contributed by atoms with E-state index < -0.39 is 5.97 Å². The molecule has 0 amide bonds. The summed E-state index contributed by atoms with van der Waals surface area (Å²) >= 11 is 8.48. The molecule has 188 valence electrons. The highest BCUT2D eigenvalue weighted by atomic mass is 32.2. The van der Waals surface area contributed by atoms with Crippen LogP contribution in [0.2, 0.25) is 0 Å². The summed E-state index contributed by atoms with van der Waals surface area (Å²) in [6.07, 6.45) is 4.79. The van der Waals surface area contributed by atoms with Gasteiger partial charge in [-0.15, -0.1) is 23.5 Å². The molecule has 0 aliphatic heterocycles. The van der Waals surface area contributed by atoms with E-state index in [9.17, 15) is 4.79 Å². The summed E-state index contributed by atoms with van der Waals surface area (Å²) in [5, 5.41) is 0. The minimum absolute atomic E-state index is 0. The summed E-state index contributed by atoms with van der Waals surface area (Å²) in [7, 11) is 1.54. The average molecular weight is 521 g/mol. The molecule has 0 saturated carbocycles. The Morgan fingerprint density at radius 3 is 1.53 bits per heavy atom. The van der Waals surface area contributed by atoms with Crippen LogP contribution in [0, 0.1) is 0 Å². The second-order valence-corrected chi connectivity index (χ2v) is 9.44. The zero-order valence-electron chi connectivity index (χ0n) is 19.9. The Morgan fingerprint density at radius 2 is 1.26 bits per heavy atom. The second kappa shape index (κ2) is 28.9. The first-order chi connectivity index (χ1) is 16.0. The smallest absolute Gasteiger partial charge is 0.330 e. The molecule has 3 nitrogen and oxygen atoms in total. The Balaban J connectivity index is -0.000000373. The molecule has 0 aliphatic rings. The van der Waals surface area contributed by atoms with Crippen LogP contribution in [0.15, 0.2) is 86.5 Å². The fourth-order valence-electron chi connectivity index (χ4n) is 1.74. The number of esters is 1. The van der Waals surface area contributed by atoms with Gasteiger partial charge in [0.25, 0.3) is 0 Å². The minimum Gasteiger partial charge on any atom is -0.460 e. The van der Waals surface area contributed by atoms with E-state index in [-0.39, 0.29) is 7.43 Å². The number of thiocarbonyl (C=S) groups is 1. The van der Waals surface area contributed by atoms with E-state index in [4.69, 9.17) is 12.2 Å². The largest absolute Gasteiger partial charge is 0.460 e. The van der Waals surface area contributed by atoms with Crippen LogP contribution in [0.1, 0.15) is 32.4 Å². The molecule has 0 aromatic heterocycles. The van der Waals surface area contributed by atoms with Gasteiger partial charge in [0.1, 0.15) is 10.1 Å². The van der Waals surface area contributed by atoms with E-state index in [1.54, 1.807) is 30.6 Å². The van der Waals surface area contributed by atoms with Crippen LogP contribution in [0.25, 0.3) is 12.2 Å². The van der Waals surface area contributed by atoms with E-state index in [2.05, 4.69) is 43.1 Å². The fraction of sp³-hybridized carbons (Fsp3) is 0.286. The van der Waals surface area contributed by atoms with Crippen molar-refractivity contribution >= 4 is 57.4 Å². The van der Waals surface area contributed by atoms with Gasteiger partial charge in [0.15, 0.2) is 0 Å². The second-order valence-electron chi connectivity index (χ2n) is 5.71. The molecule has 0 N–H and O–H groups in total. The van der Waals surface area contributed by atoms with Gasteiger partial charge in [-0.05, 0) is 22.6 Å². The minimum atomic E-state index is -0.410. The zero-order valence-corrected chi connectivity index (χ0v) is 22.4. The molecule has 0 spiro atoms. The summed E-state index contributed by atoms with van der Waals surface area (Å²) in [5.74, 6) is 1.80. The van der Waals surface area contributed by atoms with Gasteiger partial charge < -0.3 is 9.47 Å². The number of hydrogen-bond donors (Lipinski definition) is 0. The quantitative estimate of drug-likeness (QED) is 0.150. The van der Waals surface area contributed by atoms with Crippen molar-refractivity contribution in [2.75, 3.05) is 31.8 Å². The molecule has 0 bridgehead atoms. The lowest BCUT2D eigenvalue weighted by atomic mass is 10.2. The summed E-state index contributed by atoms with van der Waals surface area (Å²) in [5.41, 5.74) is 2.35. The van der Waals surface area contributed by atoms with Crippen LogP contribution < -0.4 is 0 Å². The third-order valence-electron chi connectivity index (χ3n) is 3.29. The lowest BCUT2D eigenvalue weighted by molar-refractivity contribution is -0.138. The molecule has 0 radical (unpaired) electrons. The number of carbonyl (C=O) groups is 1. The van der Waals surface area contributed by atoms with Crippen molar-refractivity contribution in [1.82, 2.24) is 0 Å². The average Bonchev–Trinajstić information content (AvgIpc) is 2.86. The normalized spacial score (nSPS) is 8.44. The molecule has 2 aromatic rings. The molecule has 0 unspecified atom stereocenters. The number of ether oxygens (including phenoxy) is 2. The Labute approximate surface area is 221 Å². The van der Waals surface area contributed by atoms with E-state index in [1.807, 2.05) is 72.8 Å². The van der Waals surface area contributed by atoms with Crippen LogP contribution in [-0.2, 0) is 14.3 Å². The van der Waals surface area contributed by atoms with Gasteiger partial charge in [0, 0.05) is 13.2 Å². The monoisotopic (exact) mass is 520 g/mol. The third-order valence-corrected chi connectivity index (χ3v) is 5.76. The van der Waals surface area contributed by atoms with Gasteiger partial charge >= 0.3 is 5.97 Å². The van der Waals surface area contributed by atoms with E-state index in [0.717, 1.165) is 21.1 Å². The van der Waals surface area contributed by atoms with Crippen LogP contribution >= 0.6 is 35.7 Å². The van der Waals surface area contributed by atoms with Crippen molar-refractivity contribution in [3.63, 3.8) is 0 Å². The standard InChI is InChI=1S/2C8H8.C6H10O3.C5H10S3.CH4/c2*1-2-8-6-4-3-5-7-8;1-3-6(7)9-5-4-8-2;1-3-7-5(6)8-4-2;/h2*2-7H,1H2;3H,1,4-5H2,2H3;3-4H2,1-2H3;1H4. The molecule has 34 heavy (non-hydrogen) atoms. The Bertz CT molecular complexity index is 711. The van der Waals surface area contributed by atoms with Gasteiger partial charge in [-0.25, -0.2) is 4.79 Å². The highest BCUT2D eigenvalue weighted by molar-refractivity contribution is 8.47. The van der Waals surface area contributed by atoms with Crippen LogP contribution in [0.3, 0.4) is 0 Å². The number of rotatable bonds is 8. The van der Waals surface area contributed by atoms with Crippen molar-refractivity contribution in [3.8, 4) is 0 Å². The van der Waals surface area contributed by atoms with Crippen LogP contribution in [0.4, 0.5) is 0 Å². The van der Waals surface area contributed by atoms with Gasteiger partial charge in [0.05, 0.1) is 6.61 Å². The molecular formula is C28H40O3S3. The van der Waals surface area contributed by atoms with Gasteiger partial charge in [0.2, 0.25) is 0 Å². The molecule has 0 atom stereocenters. The first-order valence-corrected chi connectivity index (χ1v) is 12.8.